The van der Waals surface area contributed by atoms with E-state index in [1.807, 2.05) is 53.1 Å². The zero-order valence-corrected chi connectivity index (χ0v) is 23.2. The molecular weight excluding hydrogens is 526 g/mol. The normalized spacial score (nSPS) is 11.8. The first-order valence-electron chi connectivity index (χ1n) is 14.5. The average molecular weight is 552 g/mol. The van der Waals surface area contributed by atoms with Gasteiger partial charge in [-0.1, -0.05) is 97.1 Å². The number of hydrogen-bond acceptors (Lipinski definition) is 1. The van der Waals surface area contributed by atoms with E-state index in [-0.39, 0.29) is 5.56 Å². The zero-order chi connectivity index (χ0) is 28.5. The van der Waals surface area contributed by atoms with Gasteiger partial charge in [0.2, 0.25) is 0 Å². The van der Waals surface area contributed by atoms with E-state index in [1.54, 1.807) is 0 Å². The molecule has 0 unspecified atom stereocenters. The van der Waals surface area contributed by atoms with Crippen LogP contribution in [0.4, 0.5) is 0 Å². The second kappa shape index (κ2) is 9.07. The summed E-state index contributed by atoms with van der Waals surface area (Å²) >= 11 is 0. The number of rotatable bonds is 3. The predicted octanol–water partition coefficient (Wildman–Crippen LogP) is 9.18. The molecule has 3 aromatic heterocycles. The van der Waals surface area contributed by atoms with Crippen molar-refractivity contribution in [2.75, 3.05) is 0 Å². The Morgan fingerprint density at radius 2 is 0.791 bits per heavy atom. The van der Waals surface area contributed by atoms with Crippen LogP contribution in [-0.4, -0.2) is 13.7 Å². The van der Waals surface area contributed by atoms with Crippen molar-refractivity contribution < 1.29 is 0 Å². The minimum absolute atomic E-state index is 0.0266. The van der Waals surface area contributed by atoms with Crippen molar-refractivity contribution in [3.05, 3.63) is 162 Å². The largest absolute Gasteiger partial charge is 0.308 e. The van der Waals surface area contributed by atoms with Crippen LogP contribution in [0.3, 0.4) is 0 Å². The number of benzene rings is 6. The number of fused-ring (bicyclic) bond motifs is 9. The fourth-order valence-corrected chi connectivity index (χ4v) is 6.90. The topological polar surface area (TPSA) is 31.9 Å². The first-order chi connectivity index (χ1) is 21.3. The maximum absolute atomic E-state index is 14.8. The van der Waals surface area contributed by atoms with Crippen molar-refractivity contribution in [2.45, 2.75) is 0 Å². The van der Waals surface area contributed by atoms with Gasteiger partial charge in [0.05, 0.1) is 33.0 Å². The van der Waals surface area contributed by atoms with E-state index in [4.69, 9.17) is 0 Å². The molecule has 0 N–H and O–H groups in total. The second-order valence-corrected chi connectivity index (χ2v) is 10.9. The summed E-state index contributed by atoms with van der Waals surface area (Å²) in [7, 11) is 0. The lowest BCUT2D eigenvalue weighted by Gasteiger charge is -2.17. The molecule has 0 spiro atoms. The summed E-state index contributed by atoms with van der Waals surface area (Å²) in [6.07, 6.45) is 0. The quantitative estimate of drug-likeness (QED) is 0.215. The van der Waals surface area contributed by atoms with Crippen molar-refractivity contribution in [1.29, 1.82) is 0 Å². The van der Waals surface area contributed by atoms with Gasteiger partial charge in [-0.25, -0.2) is 0 Å². The number of nitrogens with zero attached hydrogens (tertiary/aromatic N) is 3. The molecule has 9 aromatic rings. The minimum atomic E-state index is -0.0266. The number of pyridine rings is 1. The number of para-hydroxylation sites is 5. The van der Waals surface area contributed by atoms with E-state index in [1.165, 1.54) is 5.39 Å². The Morgan fingerprint density at radius 1 is 0.326 bits per heavy atom. The van der Waals surface area contributed by atoms with Gasteiger partial charge in [-0.15, -0.1) is 0 Å². The van der Waals surface area contributed by atoms with Gasteiger partial charge in [-0.2, -0.15) is 0 Å². The molecule has 9 rings (SSSR count). The van der Waals surface area contributed by atoms with Crippen molar-refractivity contribution in [3.8, 4) is 17.1 Å². The standard InChI is InChI=1S/C39H25N3O/c43-39-35-31-21-11-13-23-33(31)41(27-16-6-2-7-17-27)38(35)36-34(42(39)28-18-8-3-9-19-28)25-24-30-29-20-10-12-22-32(29)40(37(30)36)26-14-4-1-5-15-26/h1-25H. The fraction of sp³-hybridized carbons (Fsp3) is 0. The third kappa shape index (κ3) is 3.29. The van der Waals surface area contributed by atoms with E-state index in [9.17, 15) is 4.79 Å². The van der Waals surface area contributed by atoms with Gasteiger partial charge >= 0.3 is 0 Å². The predicted molar refractivity (Wildman–Crippen MR) is 178 cm³/mol. The van der Waals surface area contributed by atoms with E-state index in [2.05, 4.69) is 112 Å². The maximum atomic E-state index is 14.8. The molecule has 4 nitrogen and oxygen atoms in total. The Hall–Kier alpha value is -5.87. The molecule has 3 heterocycles. The summed E-state index contributed by atoms with van der Waals surface area (Å²) < 4.78 is 6.53. The summed E-state index contributed by atoms with van der Waals surface area (Å²) in [6.45, 7) is 0. The highest BCUT2D eigenvalue weighted by molar-refractivity contribution is 6.28. The van der Waals surface area contributed by atoms with Gasteiger partial charge in [0.1, 0.15) is 0 Å². The molecule has 0 radical (unpaired) electrons. The lowest BCUT2D eigenvalue weighted by molar-refractivity contribution is 1.06. The van der Waals surface area contributed by atoms with Crippen LogP contribution in [0.2, 0.25) is 0 Å². The van der Waals surface area contributed by atoms with Gasteiger partial charge in [0.25, 0.3) is 5.56 Å². The third-order valence-electron chi connectivity index (χ3n) is 8.63. The Balaban J connectivity index is 1.66. The van der Waals surface area contributed by atoms with Crippen LogP contribution in [0.25, 0.3) is 71.6 Å². The molecule has 0 fully saturated rings. The molecule has 0 amide bonds. The van der Waals surface area contributed by atoms with E-state index in [0.717, 1.165) is 60.8 Å². The molecule has 43 heavy (non-hydrogen) atoms. The van der Waals surface area contributed by atoms with Crippen molar-refractivity contribution in [1.82, 2.24) is 13.7 Å². The molecule has 0 bridgehead atoms. The summed E-state index contributed by atoms with van der Waals surface area (Å²) in [5, 5.41) is 5.02. The van der Waals surface area contributed by atoms with Crippen molar-refractivity contribution in [2.24, 2.45) is 0 Å². The van der Waals surface area contributed by atoms with E-state index < -0.39 is 0 Å². The monoisotopic (exact) mass is 551 g/mol. The highest BCUT2D eigenvalue weighted by Crippen LogP contribution is 2.42. The minimum Gasteiger partial charge on any atom is -0.308 e. The van der Waals surface area contributed by atoms with Gasteiger partial charge in [-0.3, -0.25) is 9.36 Å². The summed E-state index contributed by atoms with van der Waals surface area (Å²) in [4.78, 5) is 14.8. The average Bonchev–Trinajstić information content (AvgIpc) is 3.60. The second-order valence-electron chi connectivity index (χ2n) is 10.9. The molecule has 6 aromatic carbocycles. The van der Waals surface area contributed by atoms with Crippen LogP contribution in [0, 0.1) is 0 Å². The lowest BCUT2D eigenvalue weighted by atomic mass is 10.0. The van der Waals surface area contributed by atoms with Gasteiger partial charge in [0, 0.05) is 38.6 Å². The Labute approximate surface area is 246 Å². The maximum Gasteiger partial charge on any atom is 0.265 e. The first-order valence-corrected chi connectivity index (χ1v) is 14.5. The molecular formula is C39H25N3O. The Kier molecular flexibility index (Phi) is 5.02. The summed E-state index contributed by atoms with van der Waals surface area (Å²) in [5.74, 6) is 0. The van der Waals surface area contributed by atoms with Crippen LogP contribution in [0.1, 0.15) is 0 Å². The van der Waals surface area contributed by atoms with Crippen LogP contribution in [0.15, 0.2) is 156 Å². The molecule has 0 aliphatic heterocycles. The molecule has 0 saturated heterocycles. The molecule has 0 atom stereocenters. The van der Waals surface area contributed by atoms with Gasteiger partial charge in [0.15, 0.2) is 0 Å². The number of aromatic nitrogens is 3. The van der Waals surface area contributed by atoms with Crippen molar-refractivity contribution in [3.63, 3.8) is 0 Å². The van der Waals surface area contributed by atoms with Crippen LogP contribution in [0.5, 0.6) is 0 Å². The van der Waals surface area contributed by atoms with Gasteiger partial charge < -0.3 is 9.13 Å². The van der Waals surface area contributed by atoms with Crippen molar-refractivity contribution >= 4 is 54.5 Å². The molecule has 0 saturated carbocycles. The first kappa shape index (κ1) is 23.8. The molecule has 0 aliphatic rings. The summed E-state index contributed by atoms with van der Waals surface area (Å²) in [6, 6.07) is 52.0. The fourth-order valence-electron chi connectivity index (χ4n) is 6.90. The Morgan fingerprint density at radius 3 is 1.40 bits per heavy atom. The highest BCUT2D eigenvalue weighted by Gasteiger charge is 2.25. The SMILES string of the molecule is O=c1c2c3ccccc3n(-c3ccccc3)c2c2c(ccc3c4ccccc4n(-c4ccccc4)c32)n1-c1ccccc1. The zero-order valence-electron chi connectivity index (χ0n) is 23.2. The highest BCUT2D eigenvalue weighted by atomic mass is 16.1. The summed E-state index contributed by atoms with van der Waals surface area (Å²) in [5.41, 5.74) is 7.93. The smallest absolute Gasteiger partial charge is 0.265 e. The third-order valence-corrected chi connectivity index (χ3v) is 8.63. The van der Waals surface area contributed by atoms with Crippen LogP contribution in [-0.2, 0) is 0 Å². The lowest BCUT2D eigenvalue weighted by Crippen LogP contribution is -2.19. The molecule has 0 aliphatic carbocycles. The van der Waals surface area contributed by atoms with E-state index >= 15 is 0 Å². The van der Waals surface area contributed by atoms with Gasteiger partial charge in [-0.05, 0) is 54.6 Å². The van der Waals surface area contributed by atoms with Crippen LogP contribution < -0.4 is 5.56 Å². The van der Waals surface area contributed by atoms with Crippen LogP contribution >= 0.6 is 0 Å². The molecule has 4 heteroatoms. The number of hydrogen-bond donors (Lipinski definition) is 0. The Bertz CT molecular complexity index is 2560. The molecule has 202 valence electrons. The van der Waals surface area contributed by atoms with E-state index in [0.29, 0.717) is 5.39 Å².